The summed E-state index contributed by atoms with van der Waals surface area (Å²) in [6, 6.07) is -0.0760. The van der Waals surface area contributed by atoms with Crippen molar-refractivity contribution < 1.29 is 4.79 Å². The van der Waals surface area contributed by atoms with Crippen LogP contribution < -0.4 is 11.1 Å². The number of amides is 1. The lowest BCUT2D eigenvalue weighted by atomic mass is 9.81. The first kappa shape index (κ1) is 13.8. The number of hydrogen-bond acceptors (Lipinski definition) is 2. The van der Waals surface area contributed by atoms with Crippen molar-refractivity contribution in [1.29, 1.82) is 0 Å². The van der Waals surface area contributed by atoms with Gasteiger partial charge in [-0.15, -0.1) is 0 Å². The molecule has 2 saturated carbocycles. The minimum atomic E-state index is -0.0760. The van der Waals surface area contributed by atoms with Crippen molar-refractivity contribution >= 4 is 23.1 Å². The minimum absolute atomic E-state index is 0.0760. The summed E-state index contributed by atoms with van der Waals surface area (Å²) < 4.78 is 0. The number of carbonyl (C=O) groups excluding carboxylic acids is 1. The van der Waals surface area contributed by atoms with Crippen molar-refractivity contribution in [2.75, 3.05) is 0 Å². The van der Waals surface area contributed by atoms with Crippen LogP contribution in [-0.2, 0) is 4.79 Å². The van der Waals surface area contributed by atoms with E-state index in [2.05, 4.69) is 5.32 Å². The third-order valence-electron chi connectivity index (χ3n) is 4.44. The number of nitrogens with two attached hydrogens (primary N) is 1. The number of rotatable bonds is 5. The molecule has 2 fully saturated rings. The second-order valence-electron chi connectivity index (χ2n) is 5.85. The van der Waals surface area contributed by atoms with Gasteiger partial charge in [0.15, 0.2) is 0 Å². The maximum atomic E-state index is 12.0. The standard InChI is InChI=1S/C14H24N2OS/c15-14(18)13(11-7-2-1-3-8-11)16-12(17)9-10-5-4-6-10/h10-11,13H,1-9H2,(H2,15,18)(H,16,17). The molecule has 3 nitrogen and oxygen atoms in total. The Labute approximate surface area is 115 Å². The van der Waals surface area contributed by atoms with Crippen LogP contribution in [0.1, 0.15) is 57.8 Å². The highest BCUT2D eigenvalue weighted by atomic mass is 32.1. The first-order chi connectivity index (χ1) is 8.66. The van der Waals surface area contributed by atoms with Gasteiger partial charge in [-0.25, -0.2) is 0 Å². The monoisotopic (exact) mass is 268 g/mol. The van der Waals surface area contributed by atoms with Gasteiger partial charge in [0.2, 0.25) is 5.91 Å². The van der Waals surface area contributed by atoms with E-state index in [1.807, 2.05) is 0 Å². The SMILES string of the molecule is NC(=S)C(NC(=O)CC1CCC1)C1CCCCC1. The number of nitrogens with one attached hydrogen (secondary N) is 1. The van der Waals surface area contributed by atoms with E-state index in [-0.39, 0.29) is 11.9 Å². The second kappa shape index (κ2) is 6.50. The van der Waals surface area contributed by atoms with Gasteiger partial charge in [-0.3, -0.25) is 4.79 Å². The summed E-state index contributed by atoms with van der Waals surface area (Å²) in [5.41, 5.74) is 5.81. The molecule has 2 aliphatic carbocycles. The average Bonchev–Trinajstić information content (AvgIpc) is 2.31. The zero-order valence-corrected chi connectivity index (χ0v) is 11.8. The van der Waals surface area contributed by atoms with Crippen LogP contribution in [0.2, 0.25) is 0 Å². The third kappa shape index (κ3) is 3.67. The van der Waals surface area contributed by atoms with Crippen molar-refractivity contribution in [3.05, 3.63) is 0 Å². The van der Waals surface area contributed by atoms with Gasteiger partial charge in [-0.05, 0) is 37.5 Å². The normalized spacial score (nSPS) is 23.1. The molecular weight excluding hydrogens is 244 g/mol. The number of carbonyl (C=O) groups is 1. The molecule has 0 bridgehead atoms. The molecule has 4 heteroatoms. The van der Waals surface area contributed by atoms with E-state index in [0.29, 0.717) is 23.2 Å². The molecule has 18 heavy (non-hydrogen) atoms. The summed E-state index contributed by atoms with van der Waals surface area (Å²) in [6.45, 7) is 0. The molecule has 1 amide bonds. The summed E-state index contributed by atoms with van der Waals surface area (Å²) in [6.07, 6.45) is 10.4. The van der Waals surface area contributed by atoms with E-state index >= 15 is 0 Å². The molecule has 102 valence electrons. The highest BCUT2D eigenvalue weighted by Crippen LogP contribution is 2.30. The quantitative estimate of drug-likeness (QED) is 0.753. The fraction of sp³-hybridized carbons (Fsp3) is 0.857. The van der Waals surface area contributed by atoms with E-state index in [9.17, 15) is 4.79 Å². The molecule has 0 aromatic carbocycles. The Balaban J connectivity index is 1.84. The first-order valence-corrected chi connectivity index (χ1v) is 7.66. The molecule has 0 aromatic rings. The van der Waals surface area contributed by atoms with Gasteiger partial charge in [0.1, 0.15) is 0 Å². The summed E-state index contributed by atoms with van der Waals surface area (Å²) >= 11 is 5.14. The van der Waals surface area contributed by atoms with E-state index in [1.165, 1.54) is 38.5 Å². The zero-order chi connectivity index (χ0) is 13.0. The molecule has 0 spiro atoms. The Bertz CT molecular complexity index is 309. The van der Waals surface area contributed by atoms with Crippen LogP contribution in [0, 0.1) is 11.8 Å². The lowest BCUT2D eigenvalue weighted by Crippen LogP contribution is -2.49. The van der Waals surface area contributed by atoms with Crippen LogP contribution in [-0.4, -0.2) is 16.9 Å². The highest BCUT2D eigenvalue weighted by Gasteiger charge is 2.28. The Kier molecular flexibility index (Phi) is 4.98. The predicted octanol–water partition coefficient (Wildman–Crippen LogP) is 2.53. The van der Waals surface area contributed by atoms with E-state index in [4.69, 9.17) is 18.0 Å². The fourth-order valence-electron chi connectivity index (χ4n) is 3.08. The van der Waals surface area contributed by atoms with Gasteiger partial charge in [0.05, 0.1) is 11.0 Å². The molecule has 1 unspecified atom stereocenters. The topological polar surface area (TPSA) is 55.1 Å². The Morgan fingerprint density at radius 3 is 2.33 bits per heavy atom. The van der Waals surface area contributed by atoms with Crippen molar-refractivity contribution in [1.82, 2.24) is 5.32 Å². The summed E-state index contributed by atoms with van der Waals surface area (Å²) in [7, 11) is 0. The molecule has 0 aliphatic heterocycles. The van der Waals surface area contributed by atoms with Gasteiger partial charge in [0, 0.05) is 6.42 Å². The van der Waals surface area contributed by atoms with Gasteiger partial charge in [-0.2, -0.15) is 0 Å². The van der Waals surface area contributed by atoms with Crippen LogP contribution in [0.3, 0.4) is 0 Å². The second-order valence-corrected chi connectivity index (χ2v) is 6.32. The predicted molar refractivity (Wildman–Crippen MR) is 77.2 cm³/mol. The molecule has 0 aromatic heterocycles. The van der Waals surface area contributed by atoms with Crippen molar-refractivity contribution in [3.63, 3.8) is 0 Å². The molecule has 3 N–H and O–H groups in total. The van der Waals surface area contributed by atoms with Gasteiger partial charge in [-0.1, -0.05) is 37.9 Å². The molecular formula is C14H24N2OS. The van der Waals surface area contributed by atoms with Gasteiger partial charge in [0.25, 0.3) is 0 Å². The van der Waals surface area contributed by atoms with Crippen molar-refractivity contribution in [3.8, 4) is 0 Å². The van der Waals surface area contributed by atoms with Crippen LogP contribution in [0.15, 0.2) is 0 Å². The maximum absolute atomic E-state index is 12.0. The third-order valence-corrected chi connectivity index (χ3v) is 4.70. The lowest BCUT2D eigenvalue weighted by Gasteiger charge is -2.31. The average molecular weight is 268 g/mol. The molecule has 1 atom stereocenters. The van der Waals surface area contributed by atoms with E-state index in [1.54, 1.807) is 0 Å². The van der Waals surface area contributed by atoms with Crippen LogP contribution in [0.5, 0.6) is 0 Å². The molecule has 0 heterocycles. The molecule has 0 radical (unpaired) electrons. The maximum Gasteiger partial charge on any atom is 0.220 e. The van der Waals surface area contributed by atoms with Crippen molar-refractivity contribution in [2.24, 2.45) is 17.6 Å². The van der Waals surface area contributed by atoms with E-state index in [0.717, 1.165) is 12.8 Å². The van der Waals surface area contributed by atoms with Crippen LogP contribution in [0.25, 0.3) is 0 Å². The Morgan fingerprint density at radius 1 is 1.17 bits per heavy atom. The lowest BCUT2D eigenvalue weighted by molar-refractivity contribution is -0.123. The van der Waals surface area contributed by atoms with Crippen LogP contribution >= 0.6 is 12.2 Å². The summed E-state index contributed by atoms with van der Waals surface area (Å²) in [4.78, 5) is 12.4. The molecule has 2 aliphatic rings. The largest absolute Gasteiger partial charge is 0.392 e. The summed E-state index contributed by atoms with van der Waals surface area (Å²) in [5, 5.41) is 3.08. The summed E-state index contributed by atoms with van der Waals surface area (Å²) in [5.74, 6) is 1.20. The van der Waals surface area contributed by atoms with Gasteiger partial charge >= 0.3 is 0 Å². The fourth-order valence-corrected chi connectivity index (χ4v) is 3.33. The van der Waals surface area contributed by atoms with E-state index < -0.39 is 0 Å². The molecule has 0 saturated heterocycles. The first-order valence-electron chi connectivity index (χ1n) is 7.25. The van der Waals surface area contributed by atoms with Gasteiger partial charge < -0.3 is 11.1 Å². The Hall–Kier alpha value is -0.640. The molecule has 2 rings (SSSR count). The minimum Gasteiger partial charge on any atom is -0.392 e. The highest BCUT2D eigenvalue weighted by molar-refractivity contribution is 7.80. The van der Waals surface area contributed by atoms with Crippen LogP contribution in [0.4, 0.5) is 0 Å². The number of thiocarbonyl (C=S) groups is 1. The zero-order valence-electron chi connectivity index (χ0n) is 11.0. The van der Waals surface area contributed by atoms with Crippen molar-refractivity contribution in [2.45, 2.75) is 63.8 Å². The smallest absolute Gasteiger partial charge is 0.220 e. The number of hydrogen-bond donors (Lipinski definition) is 2. The Morgan fingerprint density at radius 2 is 1.83 bits per heavy atom.